The predicted molar refractivity (Wildman–Crippen MR) is 110 cm³/mol. The largest absolute Gasteiger partial charge is 0.452 e. The highest BCUT2D eigenvalue weighted by molar-refractivity contribution is 6.04. The number of nitrogens with zero attached hydrogens (tertiary/aromatic N) is 3. The van der Waals surface area contributed by atoms with Gasteiger partial charge in [0.2, 0.25) is 5.91 Å². The summed E-state index contributed by atoms with van der Waals surface area (Å²) in [5, 5.41) is 4.71. The molecule has 0 aliphatic carbocycles. The van der Waals surface area contributed by atoms with Crippen LogP contribution in [-0.4, -0.2) is 40.6 Å². The molecule has 0 N–H and O–H groups in total. The number of benzene rings is 2. The Balaban J connectivity index is 1.52. The van der Waals surface area contributed by atoms with E-state index in [1.54, 1.807) is 53.4 Å². The second-order valence-electron chi connectivity index (χ2n) is 7.02. The molecule has 2 heterocycles. The molecule has 1 amide bonds. The molecule has 0 atom stereocenters. The summed E-state index contributed by atoms with van der Waals surface area (Å²) in [6, 6.07) is 13.3. The Hall–Kier alpha value is -3.81. The predicted octanol–water partition coefficient (Wildman–Crippen LogP) is 2.10. The topological polar surface area (TPSA) is 98.6 Å². The van der Waals surface area contributed by atoms with Crippen LogP contribution in [-0.2, 0) is 16.6 Å². The van der Waals surface area contributed by atoms with Gasteiger partial charge < -0.3 is 9.64 Å². The van der Waals surface area contributed by atoms with Crippen LogP contribution in [0.25, 0.3) is 10.8 Å². The normalized spacial score (nSPS) is 13.6. The lowest BCUT2D eigenvalue weighted by Gasteiger charge is -2.16. The monoisotopic (exact) mass is 405 g/mol. The number of carbonyl (C=O) groups is 3. The van der Waals surface area contributed by atoms with Crippen molar-refractivity contribution in [3.05, 3.63) is 70.1 Å². The third-order valence-electron chi connectivity index (χ3n) is 5.04. The summed E-state index contributed by atoms with van der Waals surface area (Å²) < 4.78 is 6.25. The Kier molecular flexibility index (Phi) is 5.14. The summed E-state index contributed by atoms with van der Waals surface area (Å²) in [5.41, 5.74) is 0.641. The van der Waals surface area contributed by atoms with Gasteiger partial charge in [-0.05, 0) is 24.6 Å². The first-order chi connectivity index (χ1) is 14.5. The number of aromatic nitrogens is 2. The van der Waals surface area contributed by atoms with Gasteiger partial charge in [0.05, 0.1) is 5.39 Å². The average molecular weight is 405 g/mol. The fourth-order valence-electron chi connectivity index (χ4n) is 3.50. The highest BCUT2D eigenvalue weighted by atomic mass is 16.5. The van der Waals surface area contributed by atoms with Gasteiger partial charge in [-0.2, -0.15) is 5.10 Å². The number of hydrogen-bond acceptors (Lipinski definition) is 6. The molecular formula is C22H19N3O5. The van der Waals surface area contributed by atoms with Crippen molar-refractivity contribution in [2.45, 2.75) is 12.8 Å². The van der Waals surface area contributed by atoms with Gasteiger partial charge in [0.1, 0.15) is 0 Å². The molecule has 0 radical (unpaired) electrons. The van der Waals surface area contributed by atoms with Crippen LogP contribution < -0.4 is 10.5 Å². The summed E-state index contributed by atoms with van der Waals surface area (Å²) in [6.07, 6.45) is 1.28. The minimum Gasteiger partial charge on any atom is -0.452 e. The molecule has 3 aromatic rings. The van der Waals surface area contributed by atoms with Crippen molar-refractivity contribution in [2.24, 2.45) is 7.05 Å². The third kappa shape index (κ3) is 3.59. The highest BCUT2D eigenvalue weighted by Gasteiger charge is 2.23. The maximum atomic E-state index is 12.6. The number of fused-ring (bicyclic) bond motifs is 1. The van der Waals surface area contributed by atoms with Crippen LogP contribution in [0, 0.1) is 0 Å². The van der Waals surface area contributed by atoms with Crippen LogP contribution in [0.1, 0.15) is 33.7 Å². The minimum absolute atomic E-state index is 0.0265. The smallest absolute Gasteiger partial charge is 0.359 e. The van der Waals surface area contributed by atoms with Crippen molar-refractivity contribution in [1.29, 1.82) is 0 Å². The van der Waals surface area contributed by atoms with Crippen LogP contribution in [0.5, 0.6) is 0 Å². The van der Waals surface area contributed by atoms with Crippen molar-refractivity contribution >= 4 is 34.1 Å². The van der Waals surface area contributed by atoms with Gasteiger partial charge in [-0.3, -0.25) is 14.4 Å². The molecule has 4 rings (SSSR count). The Morgan fingerprint density at radius 1 is 1.07 bits per heavy atom. The van der Waals surface area contributed by atoms with Gasteiger partial charge in [0.25, 0.3) is 5.56 Å². The number of rotatable bonds is 5. The molecule has 0 bridgehead atoms. The first-order valence-electron chi connectivity index (χ1n) is 9.52. The van der Waals surface area contributed by atoms with E-state index in [4.69, 9.17) is 4.74 Å². The standard InChI is InChI=1S/C22H19N3O5/c1-24-21(28)17-9-3-2-8-16(17)20(23-24)22(29)30-13-18(26)14-6-4-7-15(12-14)25-11-5-10-19(25)27/h2-4,6-9,12H,5,10-11,13H2,1H3. The number of amides is 1. The quantitative estimate of drug-likeness (QED) is 0.476. The molecule has 8 heteroatoms. The van der Waals surface area contributed by atoms with E-state index in [1.165, 1.54) is 7.05 Å². The van der Waals surface area contributed by atoms with Gasteiger partial charge in [-0.1, -0.05) is 30.3 Å². The molecule has 0 unspecified atom stereocenters. The van der Waals surface area contributed by atoms with Crippen LogP contribution in [0.2, 0.25) is 0 Å². The van der Waals surface area contributed by atoms with Crippen LogP contribution >= 0.6 is 0 Å². The molecule has 30 heavy (non-hydrogen) atoms. The lowest BCUT2D eigenvalue weighted by Crippen LogP contribution is -2.25. The molecule has 1 saturated heterocycles. The van der Waals surface area contributed by atoms with E-state index in [9.17, 15) is 19.2 Å². The van der Waals surface area contributed by atoms with Gasteiger partial charge in [-0.25, -0.2) is 9.48 Å². The zero-order chi connectivity index (χ0) is 21.3. The van der Waals surface area contributed by atoms with E-state index in [2.05, 4.69) is 5.10 Å². The van der Waals surface area contributed by atoms with Crippen molar-refractivity contribution in [2.75, 3.05) is 18.1 Å². The molecule has 8 nitrogen and oxygen atoms in total. The summed E-state index contributed by atoms with van der Waals surface area (Å²) in [6.45, 7) is 0.145. The maximum Gasteiger partial charge on any atom is 0.359 e. The molecule has 0 spiro atoms. The average Bonchev–Trinajstić information content (AvgIpc) is 3.20. The van der Waals surface area contributed by atoms with Crippen molar-refractivity contribution < 1.29 is 19.1 Å². The van der Waals surface area contributed by atoms with Gasteiger partial charge in [0.15, 0.2) is 18.1 Å². The summed E-state index contributed by atoms with van der Waals surface area (Å²) in [4.78, 5) is 50.9. The molecule has 1 aliphatic rings. The van der Waals surface area contributed by atoms with Crippen LogP contribution in [0.4, 0.5) is 5.69 Å². The zero-order valence-corrected chi connectivity index (χ0v) is 16.3. The molecule has 152 valence electrons. The summed E-state index contributed by atoms with van der Waals surface area (Å²) in [5.74, 6) is -1.16. The maximum absolute atomic E-state index is 12.6. The van der Waals surface area contributed by atoms with Crippen LogP contribution in [0.15, 0.2) is 53.3 Å². The number of carbonyl (C=O) groups excluding carboxylic acids is 3. The van der Waals surface area contributed by atoms with Gasteiger partial charge in [0, 0.05) is 36.7 Å². The van der Waals surface area contributed by atoms with Gasteiger partial charge >= 0.3 is 5.97 Å². The molecule has 2 aromatic carbocycles. The number of esters is 1. The van der Waals surface area contributed by atoms with E-state index < -0.39 is 18.4 Å². The van der Waals surface area contributed by atoms with E-state index in [-0.39, 0.29) is 17.2 Å². The lowest BCUT2D eigenvalue weighted by atomic mass is 10.1. The SMILES string of the molecule is Cn1nc(C(=O)OCC(=O)c2cccc(N3CCCC3=O)c2)c2ccccc2c1=O. The van der Waals surface area contributed by atoms with E-state index in [0.29, 0.717) is 35.0 Å². The minimum atomic E-state index is -0.791. The second-order valence-corrected chi connectivity index (χ2v) is 7.02. The fraction of sp³-hybridized carbons (Fsp3) is 0.227. The fourth-order valence-corrected chi connectivity index (χ4v) is 3.50. The van der Waals surface area contributed by atoms with Crippen LogP contribution in [0.3, 0.4) is 0 Å². The number of anilines is 1. The van der Waals surface area contributed by atoms with Crippen molar-refractivity contribution in [3.63, 3.8) is 0 Å². The summed E-state index contributed by atoms with van der Waals surface area (Å²) >= 11 is 0. The lowest BCUT2D eigenvalue weighted by molar-refractivity contribution is -0.117. The molecule has 1 aliphatic heterocycles. The number of hydrogen-bond donors (Lipinski definition) is 0. The zero-order valence-electron chi connectivity index (χ0n) is 16.3. The van der Waals surface area contributed by atoms with E-state index in [0.717, 1.165) is 11.1 Å². The third-order valence-corrected chi connectivity index (χ3v) is 5.04. The highest BCUT2D eigenvalue weighted by Crippen LogP contribution is 2.22. The first kappa shape index (κ1) is 19.5. The number of Topliss-reactive ketones (excluding diaryl/α,β-unsaturated/α-hetero) is 1. The number of aryl methyl sites for hydroxylation is 1. The Morgan fingerprint density at radius 3 is 2.57 bits per heavy atom. The molecule has 0 saturated carbocycles. The summed E-state index contributed by atoms with van der Waals surface area (Å²) in [7, 11) is 1.45. The van der Waals surface area contributed by atoms with E-state index >= 15 is 0 Å². The second kappa shape index (κ2) is 7.90. The van der Waals surface area contributed by atoms with Crippen molar-refractivity contribution in [3.8, 4) is 0 Å². The number of ketones is 1. The van der Waals surface area contributed by atoms with Crippen molar-refractivity contribution in [1.82, 2.24) is 9.78 Å². The Labute approximate surface area is 171 Å². The van der Waals surface area contributed by atoms with Gasteiger partial charge in [-0.15, -0.1) is 0 Å². The first-order valence-corrected chi connectivity index (χ1v) is 9.52. The Morgan fingerprint density at radius 2 is 1.83 bits per heavy atom. The number of ether oxygens (including phenoxy) is 1. The molecule has 1 fully saturated rings. The molecular weight excluding hydrogens is 386 g/mol. The molecule has 1 aromatic heterocycles. The van der Waals surface area contributed by atoms with E-state index in [1.807, 2.05) is 0 Å². The Bertz CT molecular complexity index is 1230.